The Morgan fingerprint density at radius 2 is 1.56 bits per heavy atom. The van der Waals surface area contributed by atoms with E-state index < -0.39 is 89.7 Å². The van der Waals surface area contributed by atoms with Crippen LogP contribution in [-0.4, -0.2) is 123 Å². The van der Waals surface area contributed by atoms with Crippen molar-refractivity contribution >= 4 is 23.7 Å². The van der Waals surface area contributed by atoms with Crippen LogP contribution in [0.3, 0.4) is 0 Å². The number of hydroxylamine groups is 2. The minimum atomic E-state index is -1.57. The Balaban J connectivity index is 1.34. The van der Waals surface area contributed by atoms with Crippen molar-refractivity contribution in [3.05, 3.63) is 33.1 Å². The second-order valence-electron chi connectivity index (χ2n) is 16.8. The minimum absolute atomic E-state index is 0.0429. The molecule has 61 heavy (non-hydrogen) atoms. The summed E-state index contributed by atoms with van der Waals surface area (Å²) < 4.78 is 6.96. The van der Waals surface area contributed by atoms with Crippen LogP contribution in [0.1, 0.15) is 129 Å². The summed E-state index contributed by atoms with van der Waals surface area (Å²) in [5, 5.41) is 32.4. The zero-order valence-electron chi connectivity index (χ0n) is 35.9. The molecule has 0 aliphatic carbocycles. The van der Waals surface area contributed by atoms with Crippen LogP contribution in [0.15, 0.2) is 26.8 Å². The number of aromatic nitrogens is 2. The first kappa shape index (κ1) is 49.7. The highest BCUT2D eigenvalue weighted by Crippen LogP contribution is 2.41. The molecule has 0 bridgehead atoms. The predicted octanol–water partition coefficient (Wildman–Crippen LogP) is -0.543. The number of nitrogens with zero attached hydrogens (tertiary/aromatic N) is 3. The first-order chi connectivity index (χ1) is 29.4. The number of piperidine rings is 1. The fourth-order valence-corrected chi connectivity index (χ4v) is 8.52. The summed E-state index contributed by atoms with van der Waals surface area (Å²) in [6.07, 6.45) is 11.9. The summed E-state index contributed by atoms with van der Waals surface area (Å²) in [7, 11) is 0. The molecule has 3 aliphatic heterocycles. The van der Waals surface area contributed by atoms with E-state index in [0.717, 1.165) is 42.5 Å². The van der Waals surface area contributed by atoms with Crippen LogP contribution in [0.5, 0.6) is 0 Å². The van der Waals surface area contributed by atoms with E-state index in [4.69, 9.17) is 32.5 Å². The number of aliphatic imine (C=N–C) groups is 1. The Kier molecular flexibility index (Phi) is 21.1. The van der Waals surface area contributed by atoms with E-state index in [1.807, 2.05) is 0 Å². The normalized spacial score (nSPS) is 26.0. The lowest BCUT2D eigenvalue weighted by molar-refractivity contribution is -0.202. The van der Waals surface area contributed by atoms with Crippen molar-refractivity contribution in [2.75, 3.05) is 26.2 Å². The molecule has 0 spiro atoms. The van der Waals surface area contributed by atoms with Gasteiger partial charge in [0.15, 0.2) is 12.2 Å². The Hall–Kier alpha value is -3.92. The lowest BCUT2D eigenvalue weighted by Crippen LogP contribution is -2.59. The molecule has 346 valence electrons. The van der Waals surface area contributed by atoms with Crippen molar-refractivity contribution in [3.8, 4) is 0 Å². The maximum Gasteiger partial charge on any atom is 0.330 e. The molecular weight excluding hydrogens is 791 g/mol. The molecule has 0 saturated carbocycles. The van der Waals surface area contributed by atoms with Gasteiger partial charge in [0, 0.05) is 37.9 Å². The largest absolute Gasteiger partial charge is 0.387 e. The number of ether oxygens (including phenoxy) is 1. The molecule has 4 rings (SSSR count). The fraction of sp³-hybridized carbons (Fsp3) is 0.805. The number of rotatable bonds is 28. The monoisotopic (exact) mass is 864 g/mol. The summed E-state index contributed by atoms with van der Waals surface area (Å²) in [5.41, 5.74) is 21.3. The molecule has 1 aromatic heterocycles. The van der Waals surface area contributed by atoms with Gasteiger partial charge in [0.05, 0.1) is 18.0 Å². The number of aromatic amines is 1. The summed E-state index contributed by atoms with van der Waals surface area (Å²) in [6, 6.07) is -1.64. The number of carbonyl (C=O) groups is 3. The number of amides is 3. The third-order valence-electron chi connectivity index (χ3n) is 11.9. The molecule has 20 nitrogen and oxygen atoms in total. The summed E-state index contributed by atoms with van der Waals surface area (Å²) >= 11 is 0. The minimum Gasteiger partial charge on any atom is -0.387 e. The van der Waals surface area contributed by atoms with E-state index >= 15 is 0 Å². The van der Waals surface area contributed by atoms with Gasteiger partial charge in [-0.2, -0.15) is 5.06 Å². The first-order valence-corrected chi connectivity index (χ1v) is 22.5. The van der Waals surface area contributed by atoms with E-state index in [0.29, 0.717) is 51.7 Å². The second-order valence-corrected chi connectivity index (χ2v) is 16.8. The highest BCUT2D eigenvalue weighted by atomic mass is 16.7. The van der Waals surface area contributed by atoms with Gasteiger partial charge < -0.3 is 53.8 Å². The van der Waals surface area contributed by atoms with Crippen LogP contribution in [0.4, 0.5) is 0 Å². The number of guanidine groups is 1. The van der Waals surface area contributed by atoms with Gasteiger partial charge >= 0.3 is 5.69 Å². The third kappa shape index (κ3) is 15.1. The van der Waals surface area contributed by atoms with Crippen molar-refractivity contribution in [1.29, 1.82) is 0 Å². The molecule has 3 saturated heterocycles. The van der Waals surface area contributed by atoms with E-state index in [2.05, 4.69) is 32.9 Å². The summed E-state index contributed by atoms with van der Waals surface area (Å²) in [4.78, 5) is 77.2. The quantitative estimate of drug-likeness (QED) is 0.0288. The Labute approximate surface area is 358 Å². The molecule has 0 aromatic carbocycles. The molecule has 3 aliphatic rings. The summed E-state index contributed by atoms with van der Waals surface area (Å²) in [6.45, 7) is 3.32. The third-order valence-corrected chi connectivity index (χ3v) is 11.9. The van der Waals surface area contributed by atoms with Crippen molar-refractivity contribution < 1.29 is 34.2 Å². The standard InChI is InChI=1S/C41H73N11O9/c1-2-3-4-5-6-7-8-9-10-11-12-13-14-18-28(49-36(56)27(43)17-15-21-46-40(44)45)37(57)47-25-26-24-29-31(38(58)48-26)34(61-52(29)22-16-20-42)35-32(54)33(55)39(60-35)51-23-19-30(53)50-41(51)59/h19,23,26-29,31-35,39,54-55H,2-18,20-22,24-25,42-43H2,1H3,(H,47,57)(H,48,58)(H,49,56)(H4,44,45,46)(H,50,53,59)/t26-,27-,28-,29+,31-,32-,33+,34-,35-,39+/m0/s1. The van der Waals surface area contributed by atoms with Gasteiger partial charge in [0.25, 0.3) is 5.56 Å². The maximum atomic E-state index is 13.9. The van der Waals surface area contributed by atoms with Gasteiger partial charge in [0.2, 0.25) is 17.7 Å². The zero-order chi connectivity index (χ0) is 44.3. The predicted molar refractivity (Wildman–Crippen MR) is 229 cm³/mol. The van der Waals surface area contributed by atoms with Crippen LogP contribution < -0.4 is 50.1 Å². The van der Waals surface area contributed by atoms with Crippen LogP contribution in [0, 0.1) is 5.92 Å². The van der Waals surface area contributed by atoms with Crippen LogP contribution in [0.2, 0.25) is 0 Å². The number of unbranched alkanes of at least 4 members (excludes halogenated alkanes) is 12. The van der Waals surface area contributed by atoms with Crippen molar-refractivity contribution in [2.45, 2.75) is 177 Å². The van der Waals surface area contributed by atoms with Crippen LogP contribution in [-0.2, 0) is 24.0 Å². The fourth-order valence-electron chi connectivity index (χ4n) is 8.52. The number of nitrogens with two attached hydrogens (primary N) is 4. The number of carbonyl (C=O) groups excluding carboxylic acids is 3. The smallest absolute Gasteiger partial charge is 0.330 e. The summed E-state index contributed by atoms with van der Waals surface area (Å²) in [5.74, 6) is -2.14. The van der Waals surface area contributed by atoms with E-state index in [1.165, 1.54) is 57.8 Å². The number of nitrogens with one attached hydrogen (secondary N) is 4. The SMILES string of the molecule is CCCCCCCCCCCCCCC[C@H](NC(=O)[C@@H](N)CCCN=C(N)N)C(=O)NC[C@@H]1C[C@@H]2[C@H](C(=O)N1)[C@@H]([C@H]1O[C@@H](n3ccc(=O)[nH]c3=O)[C@H](O)[C@@H]1O)ON2CCCN. The first-order valence-electron chi connectivity index (χ1n) is 22.5. The highest BCUT2D eigenvalue weighted by Gasteiger charge is 2.59. The highest BCUT2D eigenvalue weighted by molar-refractivity contribution is 5.89. The maximum absolute atomic E-state index is 13.9. The molecule has 0 radical (unpaired) electrons. The molecule has 1 aromatic rings. The molecule has 3 fully saturated rings. The lowest BCUT2D eigenvalue weighted by Gasteiger charge is -2.35. The van der Waals surface area contributed by atoms with Gasteiger partial charge in [0.1, 0.15) is 30.5 Å². The van der Waals surface area contributed by atoms with Gasteiger partial charge in [-0.05, 0) is 38.6 Å². The van der Waals surface area contributed by atoms with E-state index in [1.54, 1.807) is 5.06 Å². The molecule has 20 heteroatoms. The van der Waals surface area contributed by atoms with E-state index in [-0.39, 0.29) is 12.5 Å². The molecule has 0 unspecified atom stereocenters. The molecule has 14 N–H and O–H groups in total. The number of aliphatic hydroxyl groups is 2. The molecule has 4 heterocycles. The number of hydrogen-bond acceptors (Lipinski definition) is 13. The van der Waals surface area contributed by atoms with Gasteiger partial charge in [-0.15, -0.1) is 0 Å². The van der Waals surface area contributed by atoms with Crippen molar-refractivity contribution in [2.24, 2.45) is 33.8 Å². The Morgan fingerprint density at radius 1 is 0.902 bits per heavy atom. The molecule has 3 amide bonds. The van der Waals surface area contributed by atoms with Crippen molar-refractivity contribution in [3.63, 3.8) is 0 Å². The van der Waals surface area contributed by atoms with Gasteiger partial charge in [-0.1, -0.05) is 90.4 Å². The molecular formula is C41H73N11O9. The van der Waals surface area contributed by atoms with Crippen molar-refractivity contribution in [1.82, 2.24) is 30.6 Å². The topological polar surface area (TPSA) is 321 Å². The number of H-pyrrole nitrogens is 1. The second kappa shape index (κ2) is 25.9. The number of hydrogen-bond donors (Lipinski definition) is 10. The van der Waals surface area contributed by atoms with Gasteiger partial charge in [-0.25, -0.2) is 4.79 Å². The average molecular weight is 864 g/mol. The molecule has 10 atom stereocenters. The average Bonchev–Trinajstić information content (AvgIpc) is 3.74. The Morgan fingerprint density at radius 3 is 2.18 bits per heavy atom. The zero-order valence-corrected chi connectivity index (χ0v) is 35.9. The number of aliphatic hydroxyl groups excluding tert-OH is 2. The lowest BCUT2D eigenvalue weighted by atomic mass is 9.82. The van der Waals surface area contributed by atoms with Crippen LogP contribution in [0.25, 0.3) is 0 Å². The number of fused-ring (bicyclic) bond motifs is 1. The van der Waals surface area contributed by atoms with Gasteiger partial charge in [-0.3, -0.25) is 38.6 Å². The Bertz CT molecular complexity index is 1660. The van der Waals surface area contributed by atoms with Crippen LogP contribution >= 0.6 is 0 Å². The van der Waals surface area contributed by atoms with E-state index in [9.17, 15) is 34.2 Å².